The highest BCUT2D eigenvalue weighted by Crippen LogP contribution is 2.76. The summed E-state index contributed by atoms with van der Waals surface area (Å²) in [7, 11) is 0. The summed E-state index contributed by atoms with van der Waals surface area (Å²) in [5.41, 5.74) is 3.81. The normalized spacial score (nSPS) is 41.3. The van der Waals surface area contributed by atoms with E-state index in [2.05, 4.69) is 76.6 Å². The fourth-order valence-electron chi connectivity index (χ4n) is 15.9. The minimum Gasteiger partial charge on any atom is -0.481 e. The zero-order valence-electron chi connectivity index (χ0n) is 36.7. The molecule has 0 spiro atoms. The van der Waals surface area contributed by atoms with Crippen LogP contribution in [0.2, 0.25) is 0 Å². The van der Waals surface area contributed by atoms with Crippen LogP contribution in [0.25, 0.3) is 0 Å². The lowest BCUT2D eigenvalue weighted by atomic mass is 9.33. The lowest BCUT2D eigenvalue weighted by Crippen LogP contribution is -2.68. The first-order chi connectivity index (χ1) is 27.5. The van der Waals surface area contributed by atoms with Gasteiger partial charge < -0.3 is 20.3 Å². The summed E-state index contributed by atoms with van der Waals surface area (Å²) in [6.45, 7) is 20.9. The molecule has 1 aromatic rings. The zero-order chi connectivity index (χ0) is 41.4. The van der Waals surface area contributed by atoms with Gasteiger partial charge in [0.05, 0.1) is 5.60 Å². The molecular weight excluding hydrogens is 719 g/mol. The van der Waals surface area contributed by atoms with E-state index in [0.717, 1.165) is 45.1 Å². The van der Waals surface area contributed by atoms with Gasteiger partial charge in [-0.15, -0.1) is 0 Å². The number of carboxylic acid groups (broad SMARTS) is 1. The van der Waals surface area contributed by atoms with E-state index >= 15 is 0 Å². The number of pyridine rings is 1. The maximum absolute atomic E-state index is 12.8. The highest BCUT2D eigenvalue weighted by atomic mass is 16.5. The molecule has 3 unspecified atom stereocenters. The second-order valence-corrected chi connectivity index (χ2v) is 22.1. The van der Waals surface area contributed by atoms with Crippen molar-refractivity contribution in [3.63, 3.8) is 0 Å². The predicted molar refractivity (Wildman–Crippen MR) is 230 cm³/mol. The van der Waals surface area contributed by atoms with Crippen molar-refractivity contribution in [1.82, 2.24) is 10.3 Å². The summed E-state index contributed by atoms with van der Waals surface area (Å²) in [5, 5.41) is 35.7. The highest BCUT2D eigenvalue weighted by Gasteiger charge is 2.70. The predicted octanol–water partition coefficient (Wildman–Crippen LogP) is 11.1. The number of carbonyl (C=O) groups is 1. The van der Waals surface area contributed by atoms with Crippen LogP contribution in [0.15, 0.2) is 53.8 Å². The molecule has 0 aliphatic heterocycles. The molecule has 7 nitrogen and oxygen atoms in total. The van der Waals surface area contributed by atoms with E-state index in [1.165, 1.54) is 74.5 Å². The van der Waals surface area contributed by atoms with Crippen LogP contribution < -0.4 is 10.1 Å². The molecule has 0 bridgehead atoms. The molecule has 0 aromatic carbocycles. The van der Waals surface area contributed by atoms with Crippen LogP contribution in [-0.4, -0.2) is 45.5 Å². The first-order valence-electron chi connectivity index (χ1n) is 23.2. The molecule has 10 atom stereocenters. The van der Waals surface area contributed by atoms with Gasteiger partial charge in [-0.1, -0.05) is 78.2 Å². The van der Waals surface area contributed by atoms with Crippen molar-refractivity contribution in [2.24, 2.45) is 56.7 Å². The smallest absolute Gasteiger partial charge is 0.313 e. The first kappa shape index (κ1) is 41.8. The van der Waals surface area contributed by atoms with Gasteiger partial charge in [-0.3, -0.25) is 4.79 Å². The molecule has 1 aromatic heterocycles. The Labute approximate surface area is 349 Å². The molecule has 0 saturated heterocycles. The van der Waals surface area contributed by atoms with Crippen molar-refractivity contribution in [2.75, 3.05) is 13.2 Å². The van der Waals surface area contributed by atoms with Crippen molar-refractivity contribution in [3.8, 4) is 11.9 Å². The summed E-state index contributed by atoms with van der Waals surface area (Å²) in [4.78, 5) is 17.0. The molecule has 7 aliphatic carbocycles. The Kier molecular flexibility index (Phi) is 10.7. The molecule has 1 heterocycles. The van der Waals surface area contributed by atoms with Gasteiger partial charge in [0.25, 0.3) is 0 Å². The van der Waals surface area contributed by atoms with Gasteiger partial charge in [-0.05, 0) is 184 Å². The van der Waals surface area contributed by atoms with Gasteiger partial charge in [0.2, 0.25) is 5.88 Å². The second-order valence-electron chi connectivity index (χ2n) is 22.1. The molecule has 5 saturated carbocycles. The van der Waals surface area contributed by atoms with Crippen LogP contribution in [0.4, 0.5) is 0 Å². The molecule has 5 fully saturated rings. The Balaban J connectivity index is 1.02. The fraction of sp³-hybridized carbons (Fsp3) is 0.745. The molecule has 0 amide bonds. The number of allylic oxidation sites excluding steroid dienone is 5. The molecule has 7 heteroatoms. The van der Waals surface area contributed by atoms with Crippen LogP contribution in [0.3, 0.4) is 0 Å². The van der Waals surface area contributed by atoms with Crippen LogP contribution in [0.1, 0.15) is 163 Å². The van der Waals surface area contributed by atoms with Crippen LogP contribution in [0, 0.1) is 68.0 Å². The number of rotatable bonds is 10. The van der Waals surface area contributed by atoms with Crippen molar-refractivity contribution in [3.05, 3.63) is 59.3 Å². The van der Waals surface area contributed by atoms with Crippen LogP contribution in [-0.2, 0) is 4.79 Å². The third-order valence-corrected chi connectivity index (χ3v) is 19.3. The van der Waals surface area contributed by atoms with E-state index in [4.69, 9.17) is 4.74 Å². The summed E-state index contributed by atoms with van der Waals surface area (Å²) in [6.07, 6.45) is 25.6. The topological polar surface area (TPSA) is 115 Å². The number of nitrogens with one attached hydrogen (secondary N) is 1. The van der Waals surface area contributed by atoms with Crippen LogP contribution in [0.5, 0.6) is 5.88 Å². The van der Waals surface area contributed by atoms with E-state index in [0.29, 0.717) is 54.4 Å². The maximum atomic E-state index is 12.8. The van der Waals surface area contributed by atoms with E-state index in [1.807, 2.05) is 0 Å². The van der Waals surface area contributed by atoms with E-state index in [1.54, 1.807) is 18.3 Å². The number of aliphatic hydroxyl groups is 1. The Morgan fingerprint density at radius 2 is 1.72 bits per heavy atom. The fourth-order valence-corrected chi connectivity index (χ4v) is 15.9. The molecular formula is C51H73N3O4. The zero-order valence-corrected chi connectivity index (χ0v) is 36.7. The van der Waals surface area contributed by atoms with Crippen molar-refractivity contribution >= 4 is 5.97 Å². The molecule has 58 heavy (non-hydrogen) atoms. The highest BCUT2D eigenvalue weighted by molar-refractivity contribution is 5.75. The summed E-state index contributed by atoms with van der Waals surface area (Å²) in [6, 6.07) is 5.45. The van der Waals surface area contributed by atoms with E-state index in [9.17, 15) is 20.3 Å². The largest absolute Gasteiger partial charge is 0.481 e. The molecule has 8 rings (SSSR count). The Hall–Kier alpha value is -2.95. The van der Waals surface area contributed by atoms with Gasteiger partial charge in [-0.25, -0.2) is 4.98 Å². The maximum Gasteiger partial charge on any atom is 0.313 e. The third-order valence-electron chi connectivity index (χ3n) is 19.3. The average molecular weight is 792 g/mol. The van der Waals surface area contributed by atoms with Gasteiger partial charge in [0.1, 0.15) is 23.7 Å². The second kappa shape index (κ2) is 14.9. The summed E-state index contributed by atoms with van der Waals surface area (Å²) >= 11 is 0. The molecule has 7 aliphatic rings. The van der Waals surface area contributed by atoms with Gasteiger partial charge in [0.15, 0.2) is 0 Å². The quantitative estimate of drug-likeness (QED) is 0.202. The number of nitrogens with zero attached hydrogens (tertiary/aromatic N) is 2. The molecule has 0 radical (unpaired) electrons. The van der Waals surface area contributed by atoms with E-state index < -0.39 is 17.0 Å². The number of ether oxygens (including phenoxy) is 1. The molecule has 3 N–H and O–H groups in total. The van der Waals surface area contributed by atoms with Gasteiger partial charge in [-0.2, -0.15) is 5.26 Å². The van der Waals surface area contributed by atoms with Gasteiger partial charge in [0, 0.05) is 11.7 Å². The minimum atomic E-state index is -1.05. The first-order valence-corrected chi connectivity index (χ1v) is 23.2. The van der Waals surface area contributed by atoms with Crippen molar-refractivity contribution in [2.45, 2.75) is 168 Å². The summed E-state index contributed by atoms with van der Waals surface area (Å²) in [5.74, 6) is 2.43. The SMILES string of the molecule is C=C(C)[C@@H]1CC[C@]2(NCCC3(O)CCCCC3)CC[C@]3(C)[C@H](CCC4[C@@]5(C)CC=C(C6=CC[C@](COc7ncccc7C#N)(C(=O)O)CC6)C(C)(C)C5CC[C@]43C)C12. The number of carboxylic acids is 1. The average Bonchev–Trinajstić information content (AvgIpc) is 3.58. The number of aliphatic carboxylic acids is 1. The lowest BCUT2D eigenvalue weighted by molar-refractivity contribution is -0.221. The van der Waals surface area contributed by atoms with Gasteiger partial charge >= 0.3 is 5.97 Å². The third kappa shape index (κ3) is 6.47. The summed E-state index contributed by atoms with van der Waals surface area (Å²) < 4.78 is 5.96. The Bertz CT molecular complexity index is 1890. The monoisotopic (exact) mass is 792 g/mol. The number of fused-ring (bicyclic) bond motifs is 7. The number of hydrogen-bond donors (Lipinski definition) is 3. The standard InChI is InChI=1S/C51H73N3O4/c1-34(2)37-17-26-51(54-31-29-50(57)20-9-8-10-21-50)28-27-47(6)39(42(37)51)13-14-41-46(5)22-18-38(45(3,4)40(46)19-23-48(41,47)7)35-15-24-49(25-16-35,44(55)56)33-58-43-36(32-52)12-11-30-53-43/h11-12,15,18,30,37,39-42,54,57H,1,8-10,13-14,16-17,19-29,31,33H2,2-7H3,(H,55,56)/t37-,39+,40?,41?,42?,46-,47+,48+,49-,51-/m0/s1. The van der Waals surface area contributed by atoms with Crippen molar-refractivity contribution in [1.29, 1.82) is 5.26 Å². The van der Waals surface area contributed by atoms with Crippen LogP contribution >= 0.6 is 0 Å². The lowest BCUT2D eigenvalue weighted by Gasteiger charge is -2.72. The van der Waals surface area contributed by atoms with Crippen molar-refractivity contribution < 1.29 is 19.7 Å². The Morgan fingerprint density at radius 3 is 2.41 bits per heavy atom. The Morgan fingerprint density at radius 1 is 0.948 bits per heavy atom. The number of hydrogen-bond acceptors (Lipinski definition) is 6. The number of nitriles is 1. The number of aromatic nitrogens is 1. The minimum absolute atomic E-state index is 0.00448. The molecule has 316 valence electrons. The van der Waals surface area contributed by atoms with E-state index in [-0.39, 0.29) is 39.7 Å².